The van der Waals surface area contributed by atoms with Gasteiger partial charge in [-0.2, -0.15) is 0 Å². The third-order valence-corrected chi connectivity index (χ3v) is 5.68. The van der Waals surface area contributed by atoms with Crippen LogP contribution in [-0.2, 0) is 19.6 Å². The molecule has 3 aromatic carbocycles. The van der Waals surface area contributed by atoms with Gasteiger partial charge in [0.05, 0.1) is 19.2 Å². The first kappa shape index (κ1) is 24.2. The van der Waals surface area contributed by atoms with Gasteiger partial charge in [-0.05, 0) is 42.7 Å². The summed E-state index contributed by atoms with van der Waals surface area (Å²) < 4.78 is 11.3. The van der Waals surface area contributed by atoms with Gasteiger partial charge in [-0.15, -0.1) is 0 Å². The second kappa shape index (κ2) is 12.0. The number of nitrogens with zero attached hydrogens (tertiary/aromatic N) is 2. The number of rotatable bonds is 11. The van der Waals surface area contributed by atoms with Gasteiger partial charge in [0.15, 0.2) is 5.69 Å². The van der Waals surface area contributed by atoms with E-state index in [1.54, 1.807) is 0 Å². The third kappa shape index (κ3) is 7.04. The first-order valence-electron chi connectivity index (χ1n) is 11.9. The Bertz CT molecular complexity index is 1190. The molecule has 0 saturated heterocycles. The Balaban J connectivity index is 1.44. The Hall–Kier alpha value is -3.90. The normalized spacial score (nSPS) is 11.9. The molecule has 1 atom stereocenters. The number of hydrogen-bond donors (Lipinski definition) is 1. The fourth-order valence-electron chi connectivity index (χ4n) is 3.90. The quantitative estimate of drug-likeness (QED) is 0.302. The number of carbonyl (C=O) groups is 1. The van der Waals surface area contributed by atoms with Gasteiger partial charge in [0.1, 0.15) is 12.0 Å². The molecule has 1 amide bonds. The zero-order valence-corrected chi connectivity index (χ0v) is 20.2. The smallest absolute Gasteiger partial charge is 0.273 e. The van der Waals surface area contributed by atoms with Crippen molar-refractivity contribution in [3.8, 4) is 5.75 Å². The minimum Gasteiger partial charge on any atom is -0.494 e. The van der Waals surface area contributed by atoms with E-state index in [9.17, 15) is 4.79 Å². The predicted octanol–water partition coefficient (Wildman–Crippen LogP) is 5.77. The molecule has 4 aromatic rings. The second-order valence-corrected chi connectivity index (χ2v) is 8.44. The molecule has 1 unspecified atom stereocenters. The fourth-order valence-corrected chi connectivity index (χ4v) is 3.90. The third-order valence-electron chi connectivity index (χ3n) is 5.68. The van der Waals surface area contributed by atoms with E-state index in [4.69, 9.17) is 9.15 Å². The summed E-state index contributed by atoms with van der Waals surface area (Å²) in [5.41, 5.74) is 3.67. The second-order valence-electron chi connectivity index (χ2n) is 8.44. The monoisotopic (exact) mass is 469 g/mol. The summed E-state index contributed by atoms with van der Waals surface area (Å²) in [5.74, 6) is 1.11. The molecule has 1 aromatic heterocycles. The van der Waals surface area contributed by atoms with Crippen molar-refractivity contribution in [2.24, 2.45) is 0 Å². The molecule has 0 aliphatic heterocycles. The predicted molar refractivity (Wildman–Crippen MR) is 136 cm³/mol. The van der Waals surface area contributed by atoms with Crippen LogP contribution in [0.4, 0.5) is 0 Å². The van der Waals surface area contributed by atoms with E-state index in [0.29, 0.717) is 25.6 Å². The number of carbonyl (C=O) groups excluding carboxylic acids is 1. The molecule has 0 aliphatic rings. The molecule has 4 rings (SSSR count). The van der Waals surface area contributed by atoms with Crippen LogP contribution < -0.4 is 10.1 Å². The number of hydrogen-bond acceptors (Lipinski definition) is 5. The summed E-state index contributed by atoms with van der Waals surface area (Å²) in [4.78, 5) is 19.5. The number of nitrogens with one attached hydrogen (secondary N) is 1. The van der Waals surface area contributed by atoms with Crippen molar-refractivity contribution in [3.63, 3.8) is 0 Å². The SMILES string of the molecule is CCOc1ccc(CN(Cc2ccccc2)Cc2nc(C(=O)NC(C)c3ccccc3)co2)cc1. The van der Waals surface area contributed by atoms with Gasteiger partial charge >= 0.3 is 0 Å². The van der Waals surface area contributed by atoms with Gasteiger partial charge in [-0.3, -0.25) is 9.69 Å². The van der Waals surface area contributed by atoms with E-state index in [-0.39, 0.29) is 17.6 Å². The molecule has 0 radical (unpaired) electrons. The molecule has 0 saturated carbocycles. The highest BCUT2D eigenvalue weighted by Gasteiger charge is 2.18. The Morgan fingerprint density at radius 3 is 2.20 bits per heavy atom. The van der Waals surface area contributed by atoms with Crippen LogP contribution in [-0.4, -0.2) is 22.4 Å². The zero-order chi connectivity index (χ0) is 24.5. The van der Waals surface area contributed by atoms with E-state index in [2.05, 4.69) is 39.5 Å². The first-order chi connectivity index (χ1) is 17.1. The fraction of sp³-hybridized carbons (Fsp3) is 0.241. The largest absolute Gasteiger partial charge is 0.494 e. The minimum atomic E-state index is -0.252. The van der Waals surface area contributed by atoms with Crippen LogP contribution in [0.1, 0.15) is 53.0 Å². The van der Waals surface area contributed by atoms with Crippen molar-refractivity contribution >= 4 is 5.91 Å². The van der Waals surface area contributed by atoms with Crippen LogP contribution in [0.5, 0.6) is 5.75 Å². The van der Waals surface area contributed by atoms with E-state index in [1.807, 2.05) is 74.5 Å². The number of benzene rings is 3. The number of ether oxygens (including phenoxy) is 1. The molecular weight excluding hydrogens is 438 g/mol. The van der Waals surface area contributed by atoms with Crippen molar-refractivity contribution in [1.29, 1.82) is 0 Å². The molecule has 180 valence electrons. The van der Waals surface area contributed by atoms with Crippen LogP contribution in [0.25, 0.3) is 0 Å². The van der Waals surface area contributed by atoms with Gasteiger partial charge in [0.2, 0.25) is 5.89 Å². The molecule has 1 heterocycles. The molecule has 35 heavy (non-hydrogen) atoms. The first-order valence-corrected chi connectivity index (χ1v) is 11.9. The summed E-state index contributed by atoms with van der Waals surface area (Å²) in [7, 11) is 0. The van der Waals surface area contributed by atoms with Crippen LogP contribution in [0.2, 0.25) is 0 Å². The highest BCUT2D eigenvalue weighted by molar-refractivity contribution is 5.92. The van der Waals surface area contributed by atoms with Crippen molar-refractivity contribution < 1.29 is 13.9 Å². The maximum Gasteiger partial charge on any atom is 0.273 e. The average molecular weight is 470 g/mol. The van der Waals surface area contributed by atoms with Crippen molar-refractivity contribution in [2.45, 2.75) is 39.5 Å². The lowest BCUT2D eigenvalue weighted by Gasteiger charge is -2.21. The highest BCUT2D eigenvalue weighted by atomic mass is 16.5. The topological polar surface area (TPSA) is 67.6 Å². The Labute approximate surface area is 206 Å². The van der Waals surface area contributed by atoms with Gasteiger partial charge in [0, 0.05) is 13.1 Å². The summed E-state index contributed by atoms with van der Waals surface area (Å²) >= 11 is 0. The molecule has 0 aliphatic carbocycles. The van der Waals surface area contributed by atoms with Crippen LogP contribution in [0, 0.1) is 0 Å². The van der Waals surface area contributed by atoms with E-state index in [1.165, 1.54) is 11.8 Å². The Morgan fingerprint density at radius 1 is 0.914 bits per heavy atom. The number of oxazole rings is 1. The van der Waals surface area contributed by atoms with E-state index < -0.39 is 0 Å². The van der Waals surface area contributed by atoms with Gasteiger partial charge in [0.25, 0.3) is 5.91 Å². The molecule has 0 bridgehead atoms. The maximum absolute atomic E-state index is 12.7. The summed E-state index contributed by atoms with van der Waals surface area (Å²) in [6.45, 7) is 6.47. The van der Waals surface area contributed by atoms with Crippen molar-refractivity contribution in [2.75, 3.05) is 6.61 Å². The van der Waals surface area contributed by atoms with E-state index >= 15 is 0 Å². The average Bonchev–Trinajstić information content (AvgIpc) is 3.35. The van der Waals surface area contributed by atoms with Crippen LogP contribution in [0.3, 0.4) is 0 Å². The molecule has 0 spiro atoms. The molecule has 6 nitrogen and oxygen atoms in total. The van der Waals surface area contributed by atoms with Gasteiger partial charge in [-0.1, -0.05) is 72.8 Å². The lowest BCUT2D eigenvalue weighted by atomic mass is 10.1. The van der Waals surface area contributed by atoms with Gasteiger partial charge in [-0.25, -0.2) is 4.98 Å². The summed E-state index contributed by atoms with van der Waals surface area (Å²) in [6.07, 6.45) is 1.43. The van der Waals surface area contributed by atoms with Crippen molar-refractivity contribution in [3.05, 3.63) is 119 Å². The molecule has 1 N–H and O–H groups in total. The standard InChI is InChI=1S/C29H31N3O3/c1-3-34-26-16-14-24(15-17-26)19-32(18-23-10-6-4-7-11-23)20-28-31-27(21-35-28)29(33)30-22(2)25-12-8-5-9-13-25/h4-17,21-22H,3,18-20H2,1-2H3,(H,30,33). The van der Waals surface area contributed by atoms with Crippen LogP contribution >= 0.6 is 0 Å². The zero-order valence-electron chi connectivity index (χ0n) is 20.2. The lowest BCUT2D eigenvalue weighted by molar-refractivity contribution is 0.0934. The summed E-state index contributed by atoms with van der Waals surface area (Å²) in [5, 5.41) is 2.99. The Morgan fingerprint density at radius 2 is 1.54 bits per heavy atom. The molecule has 0 fully saturated rings. The number of amides is 1. The minimum absolute atomic E-state index is 0.127. The lowest BCUT2D eigenvalue weighted by Crippen LogP contribution is -2.27. The van der Waals surface area contributed by atoms with E-state index in [0.717, 1.165) is 23.4 Å². The number of aromatic nitrogens is 1. The molecular formula is C29H31N3O3. The maximum atomic E-state index is 12.7. The Kier molecular flexibility index (Phi) is 8.30. The van der Waals surface area contributed by atoms with Crippen molar-refractivity contribution in [1.82, 2.24) is 15.2 Å². The highest BCUT2D eigenvalue weighted by Crippen LogP contribution is 2.18. The molecule has 6 heteroatoms. The van der Waals surface area contributed by atoms with Gasteiger partial charge < -0.3 is 14.5 Å². The summed E-state index contributed by atoms with van der Waals surface area (Å²) in [6, 6.07) is 28.1. The van der Waals surface area contributed by atoms with Crippen LogP contribution in [0.15, 0.2) is 95.6 Å².